The van der Waals surface area contributed by atoms with Gasteiger partial charge in [0.25, 0.3) is 5.91 Å². The summed E-state index contributed by atoms with van der Waals surface area (Å²) in [4.78, 5) is 37.2. The molecule has 218 valence electrons. The number of carboxylic acid groups (broad SMARTS) is 1. The standard InChI is InChI=1S/C30H32F3N3O5/c31-30(32,33)22-8-4-7-21(18-22)25-13-14-26(41-25)28(38)36-24(17-19-5-2-1-3-6-19)27(37)35-16-15-34-23-11-9-20(10-12-23)29(39)40/h4,7-14,18-19,24,34H,1-3,5-6,15-17H2,(H,35,37)(H,36,38)(H,39,40). The molecule has 1 unspecified atom stereocenters. The van der Waals surface area contributed by atoms with E-state index in [1.54, 1.807) is 12.1 Å². The second-order valence-electron chi connectivity index (χ2n) is 10.1. The number of hydrogen-bond acceptors (Lipinski definition) is 5. The molecule has 1 atom stereocenters. The molecule has 3 aromatic rings. The van der Waals surface area contributed by atoms with Gasteiger partial charge in [-0.1, -0.05) is 44.2 Å². The van der Waals surface area contributed by atoms with Gasteiger partial charge in [-0.15, -0.1) is 0 Å². The van der Waals surface area contributed by atoms with Crippen LogP contribution in [-0.4, -0.2) is 42.0 Å². The number of rotatable bonds is 11. The van der Waals surface area contributed by atoms with E-state index in [1.807, 2.05) is 0 Å². The third-order valence-electron chi connectivity index (χ3n) is 7.11. The predicted molar refractivity (Wildman–Crippen MR) is 146 cm³/mol. The van der Waals surface area contributed by atoms with E-state index in [0.29, 0.717) is 18.7 Å². The monoisotopic (exact) mass is 571 g/mol. The molecular weight excluding hydrogens is 539 g/mol. The van der Waals surface area contributed by atoms with Crippen molar-refractivity contribution in [3.8, 4) is 11.3 Å². The number of hydrogen-bond donors (Lipinski definition) is 4. The lowest BCUT2D eigenvalue weighted by Crippen LogP contribution is -2.48. The lowest BCUT2D eigenvalue weighted by Gasteiger charge is -2.26. The van der Waals surface area contributed by atoms with Gasteiger partial charge in [-0.2, -0.15) is 13.2 Å². The topological polar surface area (TPSA) is 121 Å². The Balaban J connectivity index is 1.37. The van der Waals surface area contributed by atoms with Crippen LogP contribution in [-0.2, 0) is 11.0 Å². The number of carboxylic acids is 1. The average molecular weight is 572 g/mol. The lowest BCUT2D eigenvalue weighted by atomic mass is 9.84. The van der Waals surface area contributed by atoms with Gasteiger partial charge >= 0.3 is 12.1 Å². The van der Waals surface area contributed by atoms with Crippen molar-refractivity contribution in [1.82, 2.24) is 10.6 Å². The molecule has 0 spiro atoms. The van der Waals surface area contributed by atoms with E-state index in [0.717, 1.165) is 44.2 Å². The van der Waals surface area contributed by atoms with Gasteiger partial charge in [0.2, 0.25) is 5.91 Å². The van der Waals surface area contributed by atoms with Crippen LogP contribution in [0, 0.1) is 5.92 Å². The predicted octanol–water partition coefficient (Wildman–Crippen LogP) is 5.96. The second kappa shape index (κ2) is 13.4. The van der Waals surface area contributed by atoms with E-state index in [9.17, 15) is 27.6 Å². The van der Waals surface area contributed by atoms with Crippen molar-refractivity contribution >= 4 is 23.5 Å². The molecule has 2 amide bonds. The Bertz CT molecular complexity index is 1350. The summed E-state index contributed by atoms with van der Waals surface area (Å²) in [5.41, 5.74) is 0.225. The maximum atomic E-state index is 13.1. The zero-order valence-electron chi connectivity index (χ0n) is 22.3. The molecule has 0 aliphatic heterocycles. The fourth-order valence-corrected chi connectivity index (χ4v) is 4.93. The Kier molecular flexibility index (Phi) is 9.69. The summed E-state index contributed by atoms with van der Waals surface area (Å²) in [6, 6.07) is 12.8. The number of anilines is 1. The Morgan fingerprint density at radius 2 is 1.68 bits per heavy atom. The number of nitrogens with one attached hydrogen (secondary N) is 3. The van der Waals surface area contributed by atoms with E-state index in [2.05, 4.69) is 16.0 Å². The highest BCUT2D eigenvalue weighted by Gasteiger charge is 2.31. The molecule has 4 rings (SSSR count). The molecular formula is C30H32F3N3O5. The van der Waals surface area contributed by atoms with E-state index < -0.39 is 29.7 Å². The Morgan fingerprint density at radius 3 is 2.37 bits per heavy atom. The fourth-order valence-electron chi connectivity index (χ4n) is 4.93. The first-order chi connectivity index (χ1) is 19.6. The SMILES string of the molecule is O=C(O)c1ccc(NCCNC(=O)C(CC2CCCCC2)NC(=O)c2ccc(-c3cccc(C(F)(F)F)c3)o2)cc1. The number of alkyl halides is 3. The lowest BCUT2D eigenvalue weighted by molar-refractivity contribution is -0.137. The van der Waals surface area contributed by atoms with Crippen LogP contribution >= 0.6 is 0 Å². The molecule has 11 heteroatoms. The average Bonchev–Trinajstić information content (AvgIpc) is 3.46. The van der Waals surface area contributed by atoms with Gasteiger partial charge in [0.05, 0.1) is 11.1 Å². The molecule has 8 nitrogen and oxygen atoms in total. The number of carbonyl (C=O) groups excluding carboxylic acids is 2. The zero-order chi connectivity index (χ0) is 29.4. The molecule has 0 bridgehead atoms. The summed E-state index contributed by atoms with van der Waals surface area (Å²) in [5.74, 6) is -1.71. The van der Waals surface area contributed by atoms with Gasteiger partial charge in [-0.3, -0.25) is 9.59 Å². The fraction of sp³-hybridized carbons (Fsp3) is 0.367. The first-order valence-electron chi connectivity index (χ1n) is 13.5. The van der Waals surface area contributed by atoms with Crippen molar-refractivity contribution in [1.29, 1.82) is 0 Å². The maximum absolute atomic E-state index is 13.1. The molecule has 1 aliphatic rings. The normalized spacial score (nSPS) is 14.7. The Morgan fingerprint density at radius 1 is 0.951 bits per heavy atom. The van der Waals surface area contributed by atoms with Crippen LogP contribution in [0.25, 0.3) is 11.3 Å². The van der Waals surface area contributed by atoms with Gasteiger partial charge in [0.1, 0.15) is 11.8 Å². The van der Waals surface area contributed by atoms with Crippen molar-refractivity contribution < 1.29 is 37.1 Å². The third-order valence-corrected chi connectivity index (χ3v) is 7.11. The van der Waals surface area contributed by atoms with Crippen LogP contribution in [0.4, 0.5) is 18.9 Å². The van der Waals surface area contributed by atoms with Crippen LogP contribution in [0.2, 0.25) is 0 Å². The van der Waals surface area contributed by atoms with Crippen LogP contribution in [0.3, 0.4) is 0 Å². The molecule has 1 fully saturated rings. The largest absolute Gasteiger partial charge is 0.478 e. The summed E-state index contributed by atoms with van der Waals surface area (Å²) >= 11 is 0. The molecule has 1 saturated carbocycles. The highest BCUT2D eigenvalue weighted by atomic mass is 19.4. The molecule has 2 aromatic carbocycles. The van der Waals surface area contributed by atoms with Gasteiger partial charge in [0, 0.05) is 24.3 Å². The Hall–Kier alpha value is -4.28. The summed E-state index contributed by atoms with van der Waals surface area (Å²) < 4.78 is 44.9. The molecule has 1 aliphatic carbocycles. The molecule has 4 N–H and O–H groups in total. The van der Waals surface area contributed by atoms with Crippen molar-refractivity contribution in [3.05, 3.63) is 77.6 Å². The number of furan rings is 1. The third kappa shape index (κ3) is 8.36. The van der Waals surface area contributed by atoms with Crippen molar-refractivity contribution in [2.24, 2.45) is 5.92 Å². The van der Waals surface area contributed by atoms with Gasteiger partial charge in [0.15, 0.2) is 5.76 Å². The van der Waals surface area contributed by atoms with E-state index in [4.69, 9.17) is 9.52 Å². The van der Waals surface area contributed by atoms with E-state index in [1.165, 1.54) is 36.4 Å². The molecule has 0 radical (unpaired) electrons. The highest BCUT2D eigenvalue weighted by Crippen LogP contribution is 2.33. The van der Waals surface area contributed by atoms with Crippen LogP contribution in [0.1, 0.15) is 65.0 Å². The first kappa shape index (κ1) is 29.7. The highest BCUT2D eigenvalue weighted by molar-refractivity contribution is 5.96. The van der Waals surface area contributed by atoms with Gasteiger partial charge in [-0.05, 0) is 60.9 Å². The van der Waals surface area contributed by atoms with Crippen molar-refractivity contribution in [2.45, 2.75) is 50.7 Å². The van der Waals surface area contributed by atoms with Crippen LogP contribution in [0.5, 0.6) is 0 Å². The molecule has 41 heavy (non-hydrogen) atoms. The smallest absolute Gasteiger partial charge is 0.416 e. The van der Waals surface area contributed by atoms with Crippen molar-refractivity contribution in [2.75, 3.05) is 18.4 Å². The van der Waals surface area contributed by atoms with Crippen molar-refractivity contribution in [3.63, 3.8) is 0 Å². The minimum absolute atomic E-state index is 0.106. The van der Waals surface area contributed by atoms with E-state index >= 15 is 0 Å². The minimum atomic E-state index is -4.51. The maximum Gasteiger partial charge on any atom is 0.416 e. The summed E-state index contributed by atoms with van der Waals surface area (Å²) in [5, 5.41) is 17.7. The summed E-state index contributed by atoms with van der Waals surface area (Å²) in [6.45, 7) is 0.637. The van der Waals surface area contributed by atoms with Gasteiger partial charge in [-0.25, -0.2) is 4.79 Å². The second-order valence-corrected chi connectivity index (χ2v) is 10.1. The van der Waals surface area contributed by atoms with Crippen LogP contribution in [0.15, 0.2) is 65.1 Å². The summed E-state index contributed by atoms with van der Waals surface area (Å²) in [6.07, 6.45) is 1.16. The van der Waals surface area contributed by atoms with E-state index in [-0.39, 0.29) is 41.0 Å². The first-order valence-corrected chi connectivity index (χ1v) is 13.5. The van der Waals surface area contributed by atoms with Crippen LogP contribution < -0.4 is 16.0 Å². The number of amides is 2. The molecule has 1 heterocycles. The van der Waals surface area contributed by atoms with Gasteiger partial charge < -0.3 is 25.5 Å². The number of aromatic carboxylic acids is 1. The quantitative estimate of drug-likeness (QED) is 0.211. The number of halogens is 3. The molecule has 1 aromatic heterocycles. The molecule has 0 saturated heterocycles. The zero-order valence-corrected chi connectivity index (χ0v) is 22.3. The number of carbonyl (C=O) groups is 3. The number of benzene rings is 2. The minimum Gasteiger partial charge on any atom is -0.478 e. The Labute approximate surface area is 235 Å². The summed E-state index contributed by atoms with van der Waals surface area (Å²) in [7, 11) is 0.